The van der Waals surface area contributed by atoms with E-state index in [1.54, 1.807) is 4.72 Å². The van der Waals surface area contributed by atoms with E-state index in [0.717, 1.165) is 43.2 Å². The fourth-order valence-corrected chi connectivity index (χ4v) is 6.50. The number of fused-ring (bicyclic) bond motifs is 5. The summed E-state index contributed by atoms with van der Waals surface area (Å²) < 4.78 is 78.2. The predicted octanol–water partition coefficient (Wildman–Crippen LogP) is 3.72. The standard InChI is InChI=1S/C20H26F3NO5S/c1-19-7-6-12-13(15(19)4-5-18(19)25)3-2-11-8-16(24-30(26,27)28)17(9-14(11)12)29-10-20(21,22)23/h8-9,12-13,15,18,24-25H,2-7,10H2,1H3,(H,26,27,28)/p-1/t12-,13+,15-,18+,19-/m0/s1. The lowest BCUT2D eigenvalue weighted by Gasteiger charge is -2.50. The molecule has 0 saturated heterocycles. The summed E-state index contributed by atoms with van der Waals surface area (Å²) in [5, 5.41) is 10.5. The van der Waals surface area contributed by atoms with E-state index in [-0.39, 0.29) is 28.9 Å². The molecule has 0 aliphatic heterocycles. The number of hydrogen-bond acceptors (Lipinski definition) is 5. The molecule has 6 nitrogen and oxygen atoms in total. The fourth-order valence-electron chi connectivity index (χ4n) is 6.07. The summed E-state index contributed by atoms with van der Waals surface area (Å²) in [5.41, 5.74) is 1.29. The first kappa shape index (κ1) is 21.7. The highest BCUT2D eigenvalue weighted by Gasteiger charge is 2.54. The number of halogens is 3. The summed E-state index contributed by atoms with van der Waals surface area (Å²) in [5.74, 6) is 0.485. The van der Waals surface area contributed by atoms with Crippen LogP contribution in [0.1, 0.15) is 56.1 Å². The van der Waals surface area contributed by atoms with Crippen molar-refractivity contribution in [3.05, 3.63) is 23.3 Å². The van der Waals surface area contributed by atoms with E-state index in [4.69, 9.17) is 4.74 Å². The second kappa shape index (κ2) is 7.27. The number of hydrogen-bond donors (Lipinski definition) is 2. The quantitative estimate of drug-likeness (QED) is 0.684. The summed E-state index contributed by atoms with van der Waals surface area (Å²) in [6.07, 6.45) is -0.118. The molecule has 0 radical (unpaired) electrons. The molecule has 168 valence electrons. The molecule has 2 saturated carbocycles. The van der Waals surface area contributed by atoms with Gasteiger partial charge in [0.15, 0.2) is 16.9 Å². The zero-order valence-electron chi connectivity index (χ0n) is 16.5. The van der Waals surface area contributed by atoms with Crippen molar-refractivity contribution in [3.63, 3.8) is 0 Å². The molecule has 10 heteroatoms. The van der Waals surface area contributed by atoms with E-state index in [2.05, 4.69) is 6.92 Å². The van der Waals surface area contributed by atoms with Gasteiger partial charge >= 0.3 is 6.18 Å². The highest BCUT2D eigenvalue weighted by molar-refractivity contribution is 7.87. The van der Waals surface area contributed by atoms with E-state index in [1.807, 2.05) is 0 Å². The first-order valence-electron chi connectivity index (χ1n) is 10.2. The minimum Gasteiger partial charge on any atom is -0.731 e. The highest BCUT2D eigenvalue weighted by Crippen LogP contribution is 2.61. The molecule has 1 aromatic rings. The molecular formula is C20H25F3NO5S-. The van der Waals surface area contributed by atoms with E-state index in [1.165, 1.54) is 12.1 Å². The van der Waals surface area contributed by atoms with Crippen LogP contribution in [0.15, 0.2) is 12.1 Å². The Morgan fingerprint density at radius 1 is 1.27 bits per heavy atom. The van der Waals surface area contributed by atoms with Gasteiger partial charge in [0.1, 0.15) is 5.75 Å². The molecule has 3 aliphatic carbocycles. The second-order valence-corrected chi connectivity index (χ2v) is 10.2. The molecule has 2 N–H and O–H groups in total. The lowest BCUT2D eigenvalue weighted by atomic mass is 9.55. The molecule has 0 heterocycles. The van der Waals surface area contributed by atoms with E-state index in [0.29, 0.717) is 18.3 Å². The smallest absolute Gasteiger partial charge is 0.422 e. The third-order valence-electron chi connectivity index (χ3n) is 7.40. The van der Waals surface area contributed by atoms with E-state index < -0.39 is 23.1 Å². The van der Waals surface area contributed by atoms with Crippen LogP contribution < -0.4 is 9.46 Å². The van der Waals surface area contributed by atoms with Crippen molar-refractivity contribution in [2.75, 3.05) is 11.3 Å². The Morgan fingerprint density at radius 3 is 2.67 bits per heavy atom. The Labute approximate surface area is 173 Å². The normalized spacial score (nSPS) is 33.4. The van der Waals surface area contributed by atoms with Gasteiger partial charge in [-0.3, -0.25) is 4.72 Å². The first-order chi connectivity index (χ1) is 13.9. The van der Waals surface area contributed by atoms with Crippen LogP contribution in [0.25, 0.3) is 0 Å². The Kier molecular flexibility index (Phi) is 5.26. The van der Waals surface area contributed by atoms with Gasteiger partial charge in [-0.25, -0.2) is 8.42 Å². The molecule has 3 aliphatic rings. The molecule has 4 rings (SSSR count). The number of aliphatic hydroxyl groups is 1. The van der Waals surface area contributed by atoms with Crippen molar-refractivity contribution in [3.8, 4) is 5.75 Å². The van der Waals surface area contributed by atoms with Crippen molar-refractivity contribution >= 4 is 16.0 Å². The number of alkyl halides is 3. The van der Waals surface area contributed by atoms with Gasteiger partial charge in [-0.2, -0.15) is 13.2 Å². The van der Waals surface area contributed by atoms with Gasteiger partial charge in [0.25, 0.3) is 0 Å². The molecule has 2 fully saturated rings. The predicted molar refractivity (Wildman–Crippen MR) is 102 cm³/mol. The molecule has 1 aromatic carbocycles. The van der Waals surface area contributed by atoms with E-state index in [9.17, 15) is 31.2 Å². The number of benzene rings is 1. The minimum absolute atomic E-state index is 0.114. The first-order valence-corrected chi connectivity index (χ1v) is 11.6. The Balaban J connectivity index is 1.70. The molecule has 5 atom stereocenters. The van der Waals surface area contributed by atoms with Crippen LogP contribution in [0.5, 0.6) is 5.75 Å². The van der Waals surface area contributed by atoms with E-state index >= 15 is 0 Å². The van der Waals surface area contributed by atoms with Gasteiger partial charge in [-0.15, -0.1) is 0 Å². The van der Waals surface area contributed by atoms with Crippen LogP contribution in [0.4, 0.5) is 18.9 Å². The molecule has 0 spiro atoms. The van der Waals surface area contributed by atoms with Crippen LogP contribution in [-0.2, 0) is 16.7 Å². The van der Waals surface area contributed by atoms with Gasteiger partial charge < -0.3 is 14.4 Å². The second-order valence-electron chi connectivity index (χ2n) is 9.06. The lowest BCUT2D eigenvalue weighted by molar-refractivity contribution is -0.153. The number of ether oxygens (including phenoxy) is 1. The molecule has 0 amide bonds. The van der Waals surface area contributed by atoms with Gasteiger partial charge in [0.05, 0.1) is 11.8 Å². The largest absolute Gasteiger partial charge is 0.731 e. The van der Waals surface area contributed by atoms with Crippen molar-refractivity contribution in [1.82, 2.24) is 0 Å². The number of aryl methyl sites for hydroxylation is 1. The van der Waals surface area contributed by atoms with Gasteiger partial charge in [0.2, 0.25) is 0 Å². The topological polar surface area (TPSA) is 98.7 Å². The maximum Gasteiger partial charge on any atom is 0.422 e. The van der Waals surface area contributed by atoms with Crippen molar-refractivity contribution in [1.29, 1.82) is 0 Å². The third-order valence-corrected chi connectivity index (χ3v) is 7.87. The lowest BCUT2D eigenvalue weighted by Crippen LogP contribution is -2.43. The summed E-state index contributed by atoms with van der Waals surface area (Å²) in [7, 11) is -4.92. The average Bonchev–Trinajstić information content (AvgIpc) is 2.93. The summed E-state index contributed by atoms with van der Waals surface area (Å²) in [6, 6.07) is 2.91. The Bertz CT molecular complexity index is 935. The van der Waals surface area contributed by atoms with Crippen LogP contribution >= 0.6 is 0 Å². The zero-order valence-corrected chi connectivity index (χ0v) is 17.4. The number of rotatable bonds is 4. The minimum atomic E-state index is -4.92. The Hall–Kier alpha value is -1.52. The number of anilines is 1. The van der Waals surface area contributed by atoms with Crippen LogP contribution in [0.2, 0.25) is 0 Å². The van der Waals surface area contributed by atoms with Crippen molar-refractivity contribution < 1.29 is 36.0 Å². The molecule has 0 aromatic heterocycles. The number of nitrogens with one attached hydrogen (secondary N) is 1. The van der Waals surface area contributed by atoms with Gasteiger partial charge in [-0.05, 0) is 85.0 Å². The van der Waals surface area contributed by atoms with Crippen LogP contribution in [0.3, 0.4) is 0 Å². The molecule has 0 unspecified atom stereocenters. The molecule has 0 bridgehead atoms. The van der Waals surface area contributed by atoms with Crippen molar-refractivity contribution in [2.24, 2.45) is 17.3 Å². The average molecular weight is 448 g/mol. The van der Waals surface area contributed by atoms with Gasteiger partial charge in [0, 0.05) is 0 Å². The van der Waals surface area contributed by atoms with Crippen LogP contribution in [0, 0.1) is 17.3 Å². The van der Waals surface area contributed by atoms with Crippen LogP contribution in [-0.4, -0.2) is 37.0 Å². The summed E-state index contributed by atoms with van der Waals surface area (Å²) >= 11 is 0. The van der Waals surface area contributed by atoms with Gasteiger partial charge in [-0.1, -0.05) is 6.92 Å². The zero-order chi connectivity index (χ0) is 21.9. The maximum absolute atomic E-state index is 12.7. The molecular weight excluding hydrogens is 423 g/mol. The highest BCUT2D eigenvalue weighted by atomic mass is 32.2. The summed E-state index contributed by atoms with van der Waals surface area (Å²) in [6.45, 7) is 0.547. The monoisotopic (exact) mass is 448 g/mol. The fraction of sp³-hybridized carbons (Fsp3) is 0.700. The molecule has 30 heavy (non-hydrogen) atoms. The summed E-state index contributed by atoms with van der Waals surface area (Å²) in [4.78, 5) is 0. The van der Waals surface area contributed by atoms with Crippen molar-refractivity contribution in [2.45, 2.75) is 63.6 Å². The SMILES string of the molecule is C[C@]12CC[C@@H]3c4cc(OCC(F)(F)F)c(NS(=O)(=O)[O-])cc4CC[C@H]3[C@@H]1CC[C@H]2O. The third kappa shape index (κ3) is 4.01. The Morgan fingerprint density at radius 2 is 2.00 bits per heavy atom. The maximum atomic E-state index is 12.7. The number of aliphatic hydroxyl groups excluding tert-OH is 1.